The summed E-state index contributed by atoms with van der Waals surface area (Å²) >= 11 is 0. The minimum Gasteiger partial charge on any atom is -0.367 e. The first kappa shape index (κ1) is 12.7. The van der Waals surface area contributed by atoms with Gasteiger partial charge in [0.1, 0.15) is 0 Å². The fraction of sp³-hybridized carbons (Fsp3) is 0.500. The molecule has 0 aromatic heterocycles. The zero-order valence-corrected chi connectivity index (χ0v) is 11.4. The van der Waals surface area contributed by atoms with E-state index in [1.807, 2.05) is 7.05 Å². The van der Waals surface area contributed by atoms with Crippen LogP contribution in [-0.2, 0) is 6.42 Å². The number of aliphatic imine (C=N–C) groups is 1. The molecule has 0 saturated carbocycles. The predicted molar refractivity (Wildman–Crippen MR) is 77.4 cm³/mol. The topological polar surface area (TPSA) is 39.7 Å². The normalized spacial score (nSPS) is 18.7. The van der Waals surface area contributed by atoms with Gasteiger partial charge in [-0.3, -0.25) is 4.99 Å². The largest absolute Gasteiger partial charge is 0.367 e. The standard InChI is InChI=1S/C14H22N4/c1-11-10-12-6-4-5-7-13(12)18(11)9-8-17-14(15-2)16-3/h4-7,11H,8-10H2,1-3H3,(H2,15,16,17). The molecule has 18 heavy (non-hydrogen) atoms. The van der Waals surface area contributed by atoms with Crippen LogP contribution in [0.4, 0.5) is 5.69 Å². The van der Waals surface area contributed by atoms with E-state index in [1.54, 1.807) is 7.05 Å². The van der Waals surface area contributed by atoms with Crippen molar-refractivity contribution in [1.29, 1.82) is 0 Å². The van der Waals surface area contributed by atoms with Crippen LogP contribution in [0, 0.1) is 0 Å². The number of benzene rings is 1. The van der Waals surface area contributed by atoms with Crippen LogP contribution < -0.4 is 15.5 Å². The Balaban J connectivity index is 1.94. The molecule has 1 heterocycles. The number of guanidine groups is 1. The molecular formula is C14H22N4. The Labute approximate surface area is 109 Å². The lowest BCUT2D eigenvalue weighted by Gasteiger charge is -2.25. The van der Waals surface area contributed by atoms with Crippen LogP contribution in [-0.4, -0.2) is 39.2 Å². The summed E-state index contributed by atoms with van der Waals surface area (Å²) in [5.41, 5.74) is 2.84. The molecule has 0 radical (unpaired) electrons. The molecule has 0 bridgehead atoms. The molecule has 1 aliphatic rings. The maximum Gasteiger partial charge on any atom is 0.190 e. The molecule has 1 aromatic carbocycles. The van der Waals surface area contributed by atoms with Gasteiger partial charge in [0.25, 0.3) is 0 Å². The second-order valence-electron chi connectivity index (χ2n) is 4.62. The van der Waals surface area contributed by atoms with E-state index in [0.717, 1.165) is 25.5 Å². The summed E-state index contributed by atoms with van der Waals surface area (Å²) in [5.74, 6) is 0.843. The van der Waals surface area contributed by atoms with Crippen molar-refractivity contribution >= 4 is 11.6 Å². The van der Waals surface area contributed by atoms with Crippen LogP contribution in [0.5, 0.6) is 0 Å². The zero-order chi connectivity index (χ0) is 13.0. The van der Waals surface area contributed by atoms with E-state index in [2.05, 4.69) is 51.7 Å². The van der Waals surface area contributed by atoms with Gasteiger partial charge in [0.2, 0.25) is 0 Å². The number of fused-ring (bicyclic) bond motifs is 1. The predicted octanol–water partition coefficient (Wildman–Crippen LogP) is 1.23. The van der Waals surface area contributed by atoms with E-state index < -0.39 is 0 Å². The van der Waals surface area contributed by atoms with Crippen LogP contribution in [0.15, 0.2) is 29.3 Å². The molecule has 4 nitrogen and oxygen atoms in total. The van der Waals surface area contributed by atoms with Gasteiger partial charge in [-0.2, -0.15) is 0 Å². The number of hydrogen-bond donors (Lipinski definition) is 2. The Kier molecular flexibility index (Phi) is 4.07. The molecule has 2 rings (SSSR count). The molecule has 0 saturated heterocycles. The van der Waals surface area contributed by atoms with Crippen LogP contribution in [0.2, 0.25) is 0 Å². The van der Waals surface area contributed by atoms with Crippen molar-refractivity contribution in [3.8, 4) is 0 Å². The summed E-state index contributed by atoms with van der Waals surface area (Å²) in [7, 11) is 3.66. The van der Waals surface area contributed by atoms with Crippen molar-refractivity contribution in [2.24, 2.45) is 4.99 Å². The fourth-order valence-electron chi connectivity index (χ4n) is 2.54. The Morgan fingerprint density at radius 3 is 2.94 bits per heavy atom. The highest BCUT2D eigenvalue weighted by Gasteiger charge is 2.24. The van der Waals surface area contributed by atoms with E-state index >= 15 is 0 Å². The summed E-state index contributed by atoms with van der Waals surface area (Å²) in [6, 6.07) is 9.26. The van der Waals surface area contributed by atoms with E-state index in [1.165, 1.54) is 11.3 Å². The molecule has 1 atom stereocenters. The highest BCUT2D eigenvalue weighted by molar-refractivity contribution is 5.79. The summed E-state index contributed by atoms with van der Waals surface area (Å²) in [5, 5.41) is 6.32. The Bertz CT molecular complexity index is 428. The van der Waals surface area contributed by atoms with Gasteiger partial charge < -0.3 is 15.5 Å². The molecule has 1 aliphatic heterocycles. The number of nitrogens with one attached hydrogen (secondary N) is 2. The summed E-state index contributed by atoms with van der Waals surface area (Å²) in [6.45, 7) is 4.18. The van der Waals surface area contributed by atoms with Gasteiger partial charge >= 0.3 is 0 Å². The molecule has 1 aromatic rings. The molecule has 2 N–H and O–H groups in total. The molecule has 1 unspecified atom stereocenters. The van der Waals surface area contributed by atoms with E-state index in [-0.39, 0.29) is 0 Å². The van der Waals surface area contributed by atoms with Crippen LogP contribution in [0.1, 0.15) is 12.5 Å². The minimum absolute atomic E-state index is 0.584. The monoisotopic (exact) mass is 246 g/mol. The summed E-state index contributed by atoms with van der Waals surface area (Å²) < 4.78 is 0. The molecule has 98 valence electrons. The number of hydrogen-bond acceptors (Lipinski definition) is 2. The summed E-state index contributed by atoms with van der Waals surface area (Å²) in [4.78, 5) is 6.57. The zero-order valence-electron chi connectivity index (χ0n) is 11.4. The maximum atomic E-state index is 4.11. The number of para-hydroxylation sites is 1. The van der Waals surface area contributed by atoms with Crippen molar-refractivity contribution < 1.29 is 0 Å². The Morgan fingerprint density at radius 2 is 2.22 bits per heavy atom. The van der Waals surface area contributed by atoms with Crippen molar-refractivity contribution in [3.05, 3.63) is 29.8 Å². The Morgan fingerprint density at radius 1 is 1.44 bits per heavy atom. The molecule has 0 aliphatic carbocycles. The van der Waals surface area contributed by atoms with E-state index in [0.29, 0.717) is 6.04 Å². The molecule has 0 fully saturated rings. The van der Waals surface area contributed by atoms with Crippen molar-refractivity contribution in [2.75, 3.05) is 32.1 Å². The van der Waals surface area contributed by atoms with E-state index in [9.17, 15) is 0 Å². The van der Waals surface area contributed by atoms with Crippen LogP contribution in [0.3, 0.4) is 0 Å². The third-order valence-corrected chi connectivity index (χ3v) is 3.45. The van der Waals surface area contributed by atoms with Crippen LogP contribution in [0.25, 0.3) is 0 Å². The van der Waals surface area contributed by atoms with Crippen molar-refractivity contribution in [1.82, 2.24) is 10.6 Å². The molecule has 0 spiro atoms. The van der Waals surface area contributed by atoms with Crippen molar-refractivity contribution in [2.45, 2.75) is 19.4 Å². The fourth-order valence-corrected chi connectivity index (χ4v) is 2.54. The maximum absolute atomic E-state index is 4.11. The van der Waals surface area contributed by atoms with Crippen molar-refractivity contribution in [3.63, 3.8) is 0 Å². The molecule has 4 heteroatoms. The third-order valence-electron chi connectivity index (χ3n) is 3.45. The number of rotatable bonds is 3. The van der Waals surface area contributed by atoms with Gasteiger partial charge in [-0.25, -0.2) is 0 Å². The number of anilines is 1. The van der Waals surface area contributed by atoms with Gasteiger partial charge in [0.15, 0.2) is 5.96 Å². The van der Waals surface area contributed by atoms with Gasteiger partial charge in [0, 0.05) is 38.9 Å². The Hall–Kier alpha value is -1.71. The summed E-state index contributed by atoms with van der Waals surface area (Å²) in [6.07, 6.45) is 1.15. The second kappa shape index (κ2) is 5.76. The second-order valence-corrected chi connectivity index (χ2v) is 4.62. The molecule has 0 amide bonds. The SMILES string of the molecule is CN=C(NC)NCCN1c2ccccc2CC1C. The van der Waals surface area contributed by atoms with Gasteiger partial charge in [-0.05, 0) is 25.0 Å². The molecular weight excluding hydrogens is 224 g/mol. The van der Waals surface area contributed by atoms with Gasteiger partial charge in [-0.15, -0.1) is 0 Å². The smallest absolute Gasteiger partial charge is 0.190 e. The first-order valence-electron chi connectivity index (χ1n) is 6.49. The van der Waals surface area contributed by atoms with Gasteiger partial charge in [0.05, 0.1) is 0 Å². The lowest BCUT2D eigenvalue weighted by molar-refractivity contribution is 0.658. The van der Waals surface area contributed by atoms with Gasteiger partial charge in [-0.1, -0.05) is 18.2 Å². The average Bonchev–Trinajstić information content (AvgIpc) is 2.71. The quantitative estimate of drug-likeness (QED) is 0.622. The minimum atomic E-state index is 0.584. The lowest BCUT2D eigenvalue weighted by atomic mass is 10.1. The number of nitrogens with zero attached hydrogens (tertiary/aromatic N) is 2. The highest BCUT2D eigenvalue weighted by atomic mass is 15.2. The first-order valence-corrected chi connectivity index (χ1v) is 6.49. The third kappa shape index (κ3) is 2.58. The van der Waals surface area contributed by atoms with Crippen LogP contribution >= 0.6 is 0 Å². The average molecular weight is 246 g/mol. The first-order chi connectivity index (χ1) is 8.76. The highest BCUT2D eigenvalue weighted by Crippen LogP contribution is 2.30. The lowest BCUT2D eigenvalue weighted by Crippen LogP contribution is -2.41. The van der Waals surface area contributed by atoms with E-state index in [4.69, 9.17) is 0 Å².